The van der Waals surface area contributed by atoms with Crippen molar-refractivity contribution in [2.24, 2.45) is 0 Å². The van der Waals surface area contributed by atoms with E-state index in [4.69, 9.17) is 0 Å². The van der Waals surface area contributed by atoms with Crippen molar-refractivity contribution >= 4 is 11.3 Å². The molecule has 17 heavy (non-hydrogen) atoms. The minimum Gasteiger partial charge on any atom is -0.320 e. The lowest BCUT2D eigenvalue weighted by Gasteiger charge is -2.35. The van der Waals surface area contributed by atoms with Crippen LogP contribution in [-0.2, 0) is 6.54 Å². The zero-order chi connectivity index (χ0) is 12.1. The standard InChI is InChI=1S/C14H24N2S/c1-12-6-7-14(17-12)11-16-10-4-3-5-13(16)8-9-15-2/h6-7,13,15H,3-5,8-11H2,1-2H3. The highest BCUT2D eigenvalue weighted by Crippen LogP contribution is 2.24. The van der Waals surface area contributed by atoms with E-state index in [-0.39, 0.29) is 0 Å². The molecule has 1 aromatic rings. The van der Waals surface area contributed by atoms with Crippen LogP contribution in [0.2, 0.25) is 0 Å². The van der Waals surface area contributed by atoms with Crippen molar-refractivity contribution in [2.75, 3.05) is 20.1 Å². The first-order valence-electron chi connectivity index (χ1n) is 6.73. The van der Waals surface area contributed by atoms with E-state index in [1.807, 2.05) is 11.3 Å². The zero-order valence-corrected chi connectivity index (χ0v) is 11.9. The first-order chi connectivity index (χ1) is 8.29. The molecule has 96 valence electrons. The second-order valence-corrected chi connectivity index (χ2v) is 6.40. The Bertz CT molecular complexity index is 335. The van der Waals surface area contributed by atoms with Crippen LogP contribution in [0.15, 0.2) is 12.1 Å². The van der Waals surface area contributed by atoms with Crippen LogP contribution in [0.25, 0.3) is 0 Å². The molecule has 1 atom stereocenters. The zero-order valence-electron chi connectivity index (χ0n) is 11.0. The molecule has 0 bridgehead atoms. The molecule has 1 aliphatic rings. The normalized spacial score (nSPS) is 21.9. The van der Waals surface area contributed by atoms with Crippen LogP contribution in [0.5, 0.6) is 0 Å². The average molecular weight is 252 g/mol. The van der Waals surface area contributed by atoms with Gasteiger partial charge in [-0.15, -0.1) is 11.3 Å². The summed E-state index contributed by atoms with van der Waals surface area (Å²) in [5, 5.41) is 3.28. The lowest BCUT2D eigenvalue weighted by Crippen LogP contribution is -2.40. The van der Waals surface area contributed by atoms with E-state index in [1.54, 1.807) is 0 Å². The van der Waals surface area contributed by atoms with E-state index >= 15 is 0 Å². The van der Waals surface area contributed by atoms with E-state index < -0.39 is 0 Å². The molecule has 2 rings (SSSR count). The summed E-state index contributed by atoms with van der Waals surface area (Å²) in [5.41, 5.74) is 0. The molecule has 1 aromatic heterocycles. The molecule has 0 aliphatic carbocycles. The molecule has 1 saturated heterocycles. The van der Waals surface area contributed by atoms with Crippen molar-refractivity contribution < 1.29 is 0 Å². The minimum atomic E-state index is 0.790. The minimum absolute atomic E-state index is 0.790. The fraction of sp³-hybridized carbons (Fsp3) is 0.714. The van der Waals surface area contributed by atoms with Gasteiger partial charge in [-0.1, -0.05) is 6.42 Å². The van der Waals surface area contributed by atoms with E-state index in [1.165, 1.54) is 42.0 Å². The quantitative estimate of drug-likeness (QED) is 0.866. The maximum Gasteiger partial charge on any atom is 0.0330 e. The first-order valence-corrected chi connectivity index (χ1v) is 7.55. The van der Waals surface area contributed by atoms with Crippen molar-refractivity contribution in [1.82, 2.24) is 10.2 Å². The Morgan fingerprint density at radius 3 is 3.00 bits per heavy atom. The number of thiophene rings is 1. The molecule has 1 fully saturated rings. The van der Waals surface area contributed by atoms with Gasteiger partial charge < -0.3 is 5.32 Å². The Morgan fingerprint density at radius 1 is 1.41 bits per heavy atom. The summed E-state index contributed by atoms with van der Waals surface area (Å²) in [6, 6.07) is 5.33. The summed E-state index contributed by atoms with van der Waals surface area (Å²) in [6.45, 7) is 5.78. The van der Waals surface area contributed by atoms with Crippen LogP contribution in [0, 0.1) is 6.92 Å². The molecule has 2 nitrogen and oxygen atoms in total. The van der Waals surface area contributed by atoms with Gasteiger partial charge in [-0.2, -0.15) is 0 Å². The maximum absolute atomic E-state index is 3.28. The lowest BCUT2D eigenvalue weighted by atomic mass is 9.99. The molecule has 1 N–H and O–H groups in total. The molecule has 0 aromatic carbocycles. The predicted molar refractivity (Wildman–Crippen MR) is 75.6 cm³/mol. The summed E-state index contributed by atoms with van der Waals surface area (Å²) in [5.74, 6) is 0. The van der Waals surface area contributed by atoms with E-state index in [0.29, 0.717) is 0 Å². The van der Waals surface area contributed by atoms with E-state index in [2.05, 4.69) is 36.3 Å². The van der Waals surface area contributed by atoms with Crippen LogP contribution in [-0.4, -0.2) is 31.1 Å². The fourth-order valence-electron chi connectivity index (χ4n) is 2.68. The molecular formula is C14H24N2S. The maximum atomic E-state index is 3.28. The molecule has 2 heterocycles. The number of nitrogens with one attached hydrogen (secondary N) is 1. The first kappa shape index (κ1) is 13.1. The number of piperidine rings is 1. The Labute approximate surface area is 109 Å². The number of likely N-dealkylation sites (tertiary alicyclic amines) is 1. The van der Waals surface area contributed by atoms with Crippen molar-refractivity contribution in [1.29, 1.82) is 0 Å². The monoisotopic (exact) mass is 252 g/mol. The van der Waals surface area contributed by atoms with Gasteiger partial charge in [0.2, 0.25) is 0 Å². The third-order valence-electron chi connectivity index (χ3n) is 3.63. The van der Waals surface area contributed by atoms with Crippen LogP contribution >= 0.6 is 11.3 Å². The van der Waals surface area contributed by atoms with Crippen LogP contribution in [0.3, 0.4) is 0 Å². The molecule has 3 heteroatoms. The number of rotatable bonds is 5. The SMILES string of the molecule is CNCCC1CCCCN1Cc1ccc(C)s1. The van der Waals surface area contributed by atoms with Gasteiger partial charge in [0.15, 0.2) is 0 Å². The van der Waals surface area contributed by atoms with Gasteiger partial charge in [0, 0.05) is 22.3 Å². The summed E-state index contributed by atoms with van der Waals surface area (Å²) in [6.07, 6.45) is 5.46. The highest BCUT2D eigenvalue weighted by molar-refractivity contribution is 7.11. The van der Waals surface area contributed by atoms with Crippen molar-refractivity contribution in [3.05, 3.63) is 21.9 Å². The molecule has 0 saturated carbocycles. The molecular weight excluding hydrogens is 228 g/mol. The summed E-state index contributed by atoms with van der Waals surface area (Å²) in [7, 11) is 2.05. The largest absolute Gasteiger partial charge is 0.320 e. The highest BCUT2D eigenvalue weighted by atomic mass is 32.1. The average Bonchev–Trinajstić information content (AvgIpc) is 2.74. The topological polar surface area (TPSA) is 15.3 Å². The van der Waals surface area contributed by atoms with Gasteiger partial charge in [0.05, 0.1) is 0 Å². The second-order valence-electron chi connectivity index (χ2n) is 5.02. The van der Waals surface area contributed by atoms with Gasteiger partial charge in [-0.3, -0.25) is 4.90 Å². The summed E-state index contributed by atoms with van der Waals surface area (Å²) < 4.78 is 0. The highest BCUT2D eigenvalue weighted by Gasteiger charge is 2.22. The predicted octanol–water partition coefficient (Wildman–Crippen LogP) is 3.02. The van der Waals surface area contributed by atoms with Gasteiger partial charge >= 0.3 is 0 Å². The Hall–Kier alpha value is -0.380. The Morgan fingerprint density at radius 2 is 2.29 bits per heavy atom. The number of aryl methyl sites for hydroxylation is 1. The smallest absolute Gasteiger partial charge is 0.0330 e. The van der Waals surface area contributed by atoms with Crippen LogP contribution in [0.4, 0.5) is 0 Å². The fourth-order valence-corrected chi connectivity index (χ4v) is 3.59. The van der Waals surface area contributed by atoms with Crippen molar-refractivity contribution in [3.8, 4) is 0 Å². The van der Waals surface area contributed by atoms with E-state index in [9.17, 15) is 0 Å². The van der Waals surface area contributed by atoms with Crippen molar-refractivity contribution in [2.45, 2.75) is 45.2 Å². The van der Waals surface area contributed by atoms with Gasteiger partial charge in [0.1, 0.15) is 0 Å². The third-order valence-corrected chi connectivity index (χ3v) is 4.62. The molecule has 1 aliphatic heterocycles. The number of hydrogen-bond acceptors (Lipinski definition) is 3. The van der Waals surface area contributed by atoms with E-state index in [0.717, 1.165) is 19.1 Å². The van der Waals surface area contributed by atoms with Crippen LogP contribution < -0.4 is 5.32 Å². The molecule has 0 spiro atoms. The second kappa shape index (κ2) is 6.53. The molecule has 1 unspecified atom stereocenters. The number of nitrogens with zero attached hydrogens (tertiary/aromatic N) is 1. The number of hydrogen-bond donors (Lipinski definition) is 1. The van der Waals surface area contributed by atoms with Gasteiger partial charge in [-0.05, 0) is 58.5 Å². The van der Waals surface area contributed by atoms with Gasteiger partial charge in [0.25, 0.3) is 0 Å². The summed E-state index contributed by atoms with van der Waals surface area (Å²) >= 11 is 1.95. The Balaban J connectivity index is 1.91. The molecule has 0 radical (unpaired) electrons. The van der Waals surface area contributed by atoms with Crippen LogP contribution in [0.1, 0.15) is 35.4 Å². The van der Waals surface area contributed by atoms with Gasteiger partial charge in [-0.25, -0.2) is 0 Å². The lowest BCUT2D eigenvalue weighted by molar-refractivity contribution is 0.134. The third kappa shape index (κ3) is 3.80. The summed E-state index contributed by atoms with van der Waals surface area (Å²) in [4.78, 5) is 5.65. The van der Waals surface area contributed by atoms with Crippen molar-refractivity contribution in [3.63, 3.8) is 0 Å². The molecule has 0 amide bonds. The Kier molecular flexibility index (Phi) is 5.01.